The molecule has 0 aliphatic heterocycles. The Morgan fingerprint density at radius 3 is 2.59 bits per heavy atom. The molecule has 0 heterocycles. The van der Waals surface area contributed by atoms with Crippen LogP contribution in [0, 0.1) is 0 Å². The number of benzene rings is 1. The number of nitrogens with one attached hydrogen (secondary N) is 1. The van der Waals surface area contributed by atoms with E-state index in [0.29, 0.717) is 6.04 Å². The zero-order chi connectivity index (χ0) is 12.7. The van der Waals surface area contributed by atoms with Crippen LogP contribution in [0.3, 0.4) is 0 Å². The van der Waals surface area contributed by atoms with Crippen molar-refractivity contribution in [1.29, 1.82) is 0 Å². The van der Waals surface area contributed by atoms with Crippen LogP contribution >= 0.6 is 0 Å². The highest BCUT2D eigenvalue weighted by atomic mass is 15.1. The van der Waals surface area contributed by atoms with Crippen molar-refractivity contribution in [2.24, 2.45) is 0 Å². The molecule has 17 heavy (non-hydrogen) atoms. The molecular formula is C15H26N2. The predicted molar refractivity (Wildman–Crippen MR) is 75.4 cm³/mol. The first-order chi connectivity index (χ1) is 8.17. The van der Waals surface area contributed by atoms with E-state index in [0.717, 1.165) is 25.9 Å². The number of hydrogen-bond acceptors (Lipinski definition) is 2. The van der Waals surface area contributed by atoms with Gasteiger partial charge in [-0.2, -0.15) is 0 Å². The van der Waals surface area contributed by atoms with Gasteiger partial charge in [0.1, 0.15) is 0 Å². The Kier molecular flexibility index (Phi) is 6.23. The fourth-order valence-electron chi connectivity index (χ4n) is 2.05. The Morgan fingerprint density at radius 2 is 2.00 bits per heavy atom. The van der Waals surface area contributed by atoms with E-state index in [-0.39, 0.29) is 0 Å². The normalized spacial score (nSPS) is 13.0. The van der Waals surface area contributed by atoms with E-state index >= 15 is 0 Å². The Balaban J connectivity index is 2.73. The van der Waals surface area contributed by atoms with E-state index in [9.17, 15) is 0 Å². The minimum Gasteiger partial charge on any atom is -0.310 e. The first kappa shape index (κ1) is 14.2. The second kappa shape index (κ2) is 7.46. The monoisotopic (exact) mass is 234 g/mol. The molecule has 0 amide bonds. The summed E-state index contributed by atoms with van der Waals surface area (Å²) in [5.74, 6) is 0. The van der Waals surface area contributed by atoms with E-state index in [1.54, 1.807) is 0 Å². The fourth-order valence-corrected chi connectivity index (χ4v) is 2.05. The highest BCUT2D eigenvalue weighted by Gasteiger charge is 2.10. The Hall–Kier alpha value is -0.860. The summed E-state index contributed by atoms with van der Waals surface area (Å²) < 4.78 is 0. The van der Waals surface area contributed by atoms with Gasteiger partial charge in [-0.3, -0.25) is 0 Å². The van der Waals surface area contributed by atoms with Crippen molar-refractivity contribution in [2.75, 3.05) is 27.2 Å². The second-order valence-electron chi connectivity index (χ2n) is 4.80. The van der Waals surface area contributed by atoms with Gasteiger partial charge in [0, 0.05) is 6.04 Å². The van der Waals surface area contributed by atoms with Crippen molar-refractivity contribution in [1.82, 2.24) is 10.2 Å². The van der Waals surface area contributed by atoms with Gasteiger partial charge in [0.2, 0.25) is 0 Å². The van der Waals surface area contributed by atoms with E-state index in [1.807, 2.05) is 0 Å². The fraction of sp³-hybridized carbons (Fsp3) is 0.600. The van der Waals surface area contributed by atoms with Gasteiger partial charge < -0.3 is 10.2 Å². The molecule has 1 aromatic rings. The van der Waals surface area contributed by atoms with Crippen molar-refractivity contribution in [3.05, 3.63) is 35.4 Å². The van der Waals surface area contributed by atoms with E-state index in [4.69, 9.17) is 0 Å². The van der Waals surface area contributed by atoms with Crippen molar-refractivity contribution in [2.45, 2.75) is 32.7 Å². The summed E-state index contributed by atoms with van der Waals surface area (Å²) in [6.45, 7) is 6.52. The Bertz CT molecular complexity index is 320. The Labute approximate surface area is 106 Å². The second-order valence-corrected chi connectivity index (χ2v) is 4.80. The first-order valence-corrected chi connectivity index (χ1v) is 6.64. The molecule has 96 valence electrons. The van der Waals surface area contributed by atoms with Crippen LogP contribution < -0.4 is 5.32 Å². The van der Waals surface area contributed by atoms with Gasteiger partial charge in [-0.15, -0.1) is 0 Å². The van der Waals surface area contributed by atoms with Gasteiger partial charge in [0.25, 0.3) is 0 Å². The number of rotatable bonds is 7. The molecule has 1 atom stereocenters. The first-order valence-electron chi connectivity index (χ1n) is 6.64. The molecule has 0 radical (unpaired) electrons. The maximum Gasteiger partial charge on any atom is 0.0332 e. The maximum absolute atomic E-state index is 3.58. The summed E-state index contributed by atoms with van der Waals surface area (Å²) in [5.41, 5.74) is 2.85. The lowest BCUT2D eigenvalue weighted by molar-refractivity contribution is 0.363. The minimum atomic E-state index is 0.480. The number of hydrogen-bond donors (Lipinski definition) is 1. The van der Waals surface area contributed by atoms with Crippen LogP contribution in [0.25, 0.3) is 0 Å². The summed E-state index contributed by atoms with van der Waals surface area (Å²) >= 11 is 0. The van der Waals surface area contributed by atoms with Gasteiger partial charge in [0.15, 0.2) is 0 Å². The van der Waals surface area contributed by atoms with E-state index < -0.39 is 0 Å². The topological polar surface area (TPSA) is 15.3 Å². The highest BCUT2D eigenvalue weighted by Crippen LogP contribution is 2.18. The minimum absolute atomic E-state index is 0.480. The molecule has 0 saturated heterocycles. The third-order valence-corrected chi connectivity index (χ3v) is 3.08. The molecule has 2 heteroatoms. The smallest absolute Gasteiger partial charge is 0.0332 e. The van der Waals surface area contributed by atoms with Crippen LogP contribution in [0.15, 0.2) is 24.3 Å². The number of aryl methyl sites for hydroxylation is 1. The van der Waals surface area contributed by atoms with Crippen LogP contribution in [0.4, 0.5) is 0 Å². The van der Waals surface area contributed by atoms with Gasteiger partial charge in [-0.1, -0.05) is 38.1 Å². The van der Waals surface area contributed by atoms with Crippen LogP contribution in [0.2, 0.25) is 0 Å². The largest absolute Gasteiger partial charge is 0.310 e. The molecule has 0 aliphatic rings. The molecule has 0 saturated carbocycles. The molecule has 0 fully saturated rings. The molecule has 0 spiro atoms. The molecule has 0 aromatic heterocycles. The third-order valence-electron chi connectivity index (χ3n) is 3.08. The maximum atomic E-state index is 3.58. The summed E-state index contributed by atoms with van der Waals surface area (Å²) in [4.78, 5) is 2.24. The van der Waals surface area contributed by atoms with Gasteiger partial charge in [0.05, 0.1) is 0 Å². The van der Waals surface area contributed by atoms with Crippen molar-refractivity contribution >= 4 is 0 Å². The standard InChI is InChI=1S/C15H26N2/c1-5-13-8-7-9-14(12-13)15(16-6-2)10-11-17(3)4/h7-9,12,15-16H,5-6,10-11H2,1-4H3. The molecule has 2 nitrogen and oxygen atoms in total. The lowest BCUT2D eigenvalue weighted by Crippen LogP contribution is -2.25. The van der Waals surface area contributed by atoms with Crippen LogP contribution in [-0.2, 0) is 6.42 Å². The zero-order valence-corrected chi connectivity index (χ0v) is 11.7. The molecule has 0 aliphatic carbocycles. The Morgan fingerprint density at radius 1 is 1.24 bits per heavy atom. The summed E-state index contributed by atoms with van der Waals surface area (Å²) in [5, 5.41) is 3.58. The summed E-state index contributed by atoms with van der Waals surface area (Å²) in [7, 11) is 4.26. The molecule has 1 rings (SSSR count). The summed E-state index contributed by atoms with van der Waals surface area (Å²) in [6, 6.07) is 9.44. The van der Waals surface area contributed by atoms with E-state index in [2.05, 4.69) is 62.4 Å². The van der Waals surface area contributed by atoms with Crippen LogP contribution in [0.1, 0.15) is 37.4 Å². The van der Waals surface area contributed by atoms with Crippen LogP contribution in [0.5, 0.6) is 0 Å². The number of nitrogens with zero attached hydrogens (tertiary/aromatic N) is 1. The van der Waals surface area contributed by atoms with Crippen molar-refractivity contribution in [3.63, 3.8) is 0 Å². The highest BCUT2D eigenvalue weighted by molar-refractivity contribution is 5.26. The average molecular weight is 234 g/mol. The lowest BCUT2D eigenvalue weighted by Gasteiger charge is -2.21. The zero-order valence-electron chi connectivity index (χ0n) is 11.7. The van der Waals surface area contributed by atoms with Gasteiger partial charge >= 0.3 is 0 Å². The predicted octanol–water partition coefficient (Wildman–Crippen LogP) is 2.85. The third kappa shape index (κ3) is 4.88. The molecule has 1 unspecified atom stereocenters. The lowest BCUT2D eigenvalue weighted by atomic mass is 10.00. The van der Waals surface area contributed by atoms with E-state index in [1.165, 1.54) is 11.1 Å². The molecule has 1 aromatic carbocycles. The average Bonchev–Trinajstić information content (AvgIpc) is 2.34. The SMILES string of the molecule is CCNC(CCN(C)C)c1cccc(CC)c1. The van der Waals surface area contributed by atoms with Crippen molar-refractivity contribution < 1.29 is 0 Å². The molecule has 0 bridgehead atoms. The van der Waals surface area contributed by atoms with Crippen molar-refractivity contribution in [3.8, 4) is 0 Å². The molecular weight excluding hydrogens is 208 g/mol. The van der Waals surface area contributed by atoms with Gasteiger partial charge in [-0.25, -0.2) is 0 Å². The quantitative estimate of drug-likeness (QED) is 0.780. The molecule has 1 N–H and O–H groups in total. The van der Waals surface area contributed by atoms with Crippen LogP contribution in [-0.4, -0.2) is 32.1 Å². The summed E-state index contributed by atoms with van der Waals surface area (Å²) in [6.07, 6.45) is 2.27. The van der Waals surface area contributed by atoms with Gasteiger partial charge in [-0.05, 0) is 51.2 Å².